The maximum absolute atomic E-state index is 12.9. The highest BCUT2D eigenvalue weighted by Gasteiger charge is 2.24. The number of ether oxygens (including phenoxy) is 1. The van der Waals surface area contributed by atoms with Gasteiger partial charge in [-0.15, -0.1) is 0 Å². The summed E-state index contributed by atoms with van der Waals surface area (Å²) in [6.07, 6.45) is 11.0. The van der Waals surface area contributed by atoms with Crippen LogP contribution in [0.25, 0.3) is 27.6 Å². The van der Waals surface area contributed by atoms with Crippen molar-refractivity contribution in [3.63, 3.8) is 0 Å². The number of rotatable bonds is 8. The lowest BCUT2D eigenvalue weighted by Gasteiger charge is -2.15. The summed E-state index contributed by atoms with van der Waals surface area (Å²) in [7, 11) is 3.43. The van der Waals surface area contributed by atoms with Gasteiger partial charge in [0, 0.05) is 55.5 Å². The maximum Gasteiger partial charge on any atom is 0.258 e. The predicted molar refractivity (Wildman–Crippen MR) is 132 cm³/mol. The highest BCUT2D eigenvalue weighted by molar-refractivity contribution is 7.99. The molecule has 0 radical (unpaired) electrons. The Labute approximate surface area is 190 Å². The number of hydrogen-bond acceptors (Lipinski definition) is 8. The summed E-state index contributed by atoms with van der Waals surface area (Å²) in [6, 6.07) is 5.64. The molecule has 0 aliphatic heterocycles. The Morgan fingerprint density at radius 1 is 1.41 bits per heavy atom. The highest BCUT2D eigenvalue weighted by atomic mass is 32.2. The zero-order chi connectivity index (χ0) is 22.7. The van der Waals surface area contributed by atoms with Crippen LogP contribution in [0, 0.1) is 5.92 Å². The molecule has 0 atom stereocenters. The predicted octanol–water partition coefficient (Wildman–Crippen LogP) is 3.47. The third-order valence-electron chi connectivity index (χ3n) is 5.34. The minimum atomic E-state index is -0.0882. The number of nitrogens with zero attached hydrogens (tertiary/aromatic N) is 4. The maximum atomic E-state index is 12.9. The molecule has 1 aliphatic rings. The molecule has 9 heteroatoms. The monoisotopic (exact) mass is 450 g/mol. The number of aromatic nitrogens is 3. The Morgan fingerprint density at radius 2 is 2.22 bits per heavy atom. The van der Waals surface area contributed by atoms with Crippen molar-refractivity contribution in [2.24, 2.45) is 23.7 Å². The summed E-state index contributed by atoms with van der Waals surface area (Å²) in [5.74, 6) is 1.66. The molecule has 3 aromatic rings. The van der Waals surface area contributed by atoms with E-state index in [2.05, 4.69) is 14.7 Å². The molecule has 0 unspecified atom stereocenters. The van der Waals surface area contributed by atoms with E-state index in [1.807, 2.05) is 24.5 Å². The Hall–Kier alpha value is -3.33. The first kappa shape index (κ1) is 21.9. The normalized spacial score (nSPS) is 14.3. The third kappa shape index (κ3) is 4.47. The second-order valence-electron chi connectivity index (χ2n) is 7.70. The molecule has 0 spiro atoms. The van der Waals surface area contributed by atoms with Gasteiger partial charge in [0.05, 0.1) is 12.8 Å². The van der Waals surface area contributed by atoms with E-state index >= 15 is 0 Å². The molecule has 166 valence electrons. The first-order valence-electron chi connectivity index (χ1n) is 10.3. The van der Waals surface area contributed by atoms with Crippen molar-refractivity contribution in [3.8, 4) is 17.0 Å². The molecule has 4 rings (SSSR count). The number of fused-ring (bicyclic) bond motifs is 1. The number of anilines is 1. The number of benzene rings is 1. The van der Waals surface area contributed by atoms with E-state index in [1.165, 1.54) is 31.0 Å². The van der Waals surface area contributed by atoms with E-state index in [1.54, 1.807) is 37.3 Å². The standard InChI is InChI=1S/C23H26N6O2S/c1-25-10-16(9-24)15-6-7-17-18(8-15)19(12-29(2)22(17)30)21-20(31-13-14-4-5-14)11-26-23(27-21)28-32-3/h6-12,14H,4-5,13,24H2,1-3H3,(H,26,27,28). The van der Waals surface area contributed by atoms with Gasteiger partial charge in [0.1, 0.15) is 5.69 Å². The lowest BCUT2D eigenvalue weighted by Crippen LogP contribution is -2.17. The van der Waals surface area contributed by atoms with E-state index in [0.717, 1.165) is 22.1 Å². The van der Waals surface area contributed by atoms with Crippen molar-refractivity contribution in [1.82, 2.24) is 14.5 Å². The molecule has 1 aliphatic carbocycles. The number of allylic oxidation sites excluding steroid dienone is 1. The molecule has 1 saturated carbocycles. The zero-order valence-corrected chi connectivity index (χ0v) is 19.1. The molecule has 0 saturated heterocycles. The summed E-state index contributed by atoms with van der Waals surface area (Å²) in [6.45, 7) is 0.633. The fraction of sp³-hybridized carbons (Fsp3) is 0.304. The van der Waals surface area contributed by atoms with Crippen LogP contribution >= 0.6 is 11.9 Å². The van der Waals surface area contributed by atoms with Crippen molar-refractivity contribution >= 4 is 40.5 Å². The van der Waals surface area contributed by atoms with Gasteiger partial charge < -0.3 is 15.0 Å². The zero-order valence-electron chi connectivity index (χ0n) is 18.3. The summed E-state index contributed by atoms with van der Waals surface area (Å²) in [5, 5.41) is 1.35. The van der Waals surface area contributed by atoms with Gasteiger partial charge in [0.2, 0.25) is 5.95 Å². The molecule has 0 bridgehead atoms. The second-order valence-corrected chi connectivity index (χ2v) is 8.31. The van der Waals surface area contributed by atoms with Crippen molar-refractivity contribution in [3.05, 3.63) is 52.7 Å². The number of hydrogen-bond donors (Lipinski definition) is 2. The quantitative estimate of drug-likeness (QED) is 0.400. The van der Waals surface area contributed by atoms with Gasteiger partial charge in [-0.3, -0.25) is 14.5 Å². The largest absolute Gasteiger partial charge is 0.489 e. The summed E-state index contributed by atoms with van der Waals surface area (Å²) in [4.78, 5) is 26.1. The van der Waals surface area contributed by atoms with Gasteiger partial charge in [0.15, 0.2) is 5.75 Å². The second kappa shape index (κ2) is 9.44. The van der Waals surface area contributed by atoms with Gasteiger partial charge in [-0.1, -0.05) is 18.0 Å². The average Bonchev–Trinajstić information content (AvgIpc) is 3.63. The Bertz CT molecular complexity index is 1260. The smallest absolute Gasteiger partial charge is 0.258 e. The molecule has 8 nitrogen and oxygen atoms in total. The van der Waals surface area contributed by atoms with E-state index in [-0.39, 0.29) is 5.56 Å². The lowest BCUT2D eigenvalue weighted by atomic mass is 9.98. The third-order valence-corrected chi connectivity index (χ3v) is 5.73. The molecule has 2 heterocycles. The molecule has 1 fully saturated rings. The van der Waals surface area contributed by atoms with Crippen LogP contribution in [0.5, 0.6) is 5.75 Å². The summed E-state index contributed by atoms with van der Waals surface area (Å²) >= 11 is 1.41. The van der Waals surface area contributed by atoms with Crippen LogP contribution in [0.4, 0.5) is 5.95 Å². The highest BCUT2D eigenvalue weighted by Crippen LogP contribution is 2.36. The number of nitrogens with two attached hydrogens (primary N) is 1. The van der Waals surface area contributed by atoms with Crippen molar-refractivity contribution in [1.29, 1.82) is 0 Å². The van der Waals surface area contributed by atoms with Crippen molar-refractivity contribution < 1.29 is 4.74 Å². The average molecular weight is 451 g/mol. The Balaban J connectivity index is 1.94. The van der Waals surface area contributed by atoms with E-state index < -0.39 is 0 Å². The SMILES string of the molecule is CN=CC(=CN)c1ccc2c(=O)n(C)cc(-c3nc(NSC)ncc3OCC3CC3)c2c1. The van der Waals surface area contributed by atoms with E-state index in [9.17, 15) is 4.79 Å². The minimum Gasteiger partial charge on any atom is -0.489 e. The minimum absolute atomic E-state index is 0.0882. The topological polar surface area (TPSA) is 107 Å². The van der Waals surface area contributed by atoms with Crippen LogP contribution in [0.1, 0.15) is 18.4 Å². The Kier molecular flexibility index (Phi) is 6.45. The van der Waals surface area contributed by atoms with Crippen LogP contribution in [-0.4, -0.2) is 40.7 Å². The molecule has 32 heavy (non-hydrogen) atoms. The fourth-order valence-corrected chi connectivity index (χ4v) is 3.77. The van der Waals surface area contributed by atoms with Crippen LogP contribution in [-0.2, 0) is 7.05 Å². The first-order chi connectivity index (χ1) is 15.5. The van der Waals surface area contributed by atoms with E-state index in [0.29, 0.717) is 35.3 Å². The number of pyridine rings is 1. The summed E-state index contributed by atoms with van der Waals surface area (Å²) < 4.78 is 10.8. The van der Waals surface area contributed by atoms with Crippen LogP contribution in [0.2, 0.25) is 0 Å². The van der Waals surface area contributed by atoms with Gasteiger partial charge in [0.25, 0.3) is 5.56 Å². The lowest BCUT2D eigenvalue weighted by molar-refractivity contribution is 0.299. The molecular weight excluding hydrogens is 424 g/mol. The van der Waals surface area contributed by atoms with E-state index in [4.69, 9.17) is 15.5 Å². The number of aliphatic imine (C=N–C) groups is 1. The number of aryl methyl sites for hydroxylation is 1. The first-order valence-corrected chi connectivity index (χ1v) is 11.5. The van der Waals surface area contributed by atoms with Crippen molar-refractivity contribution in [2.75, 3.05) is 24.6 Å². The van der Waals surface area contributed by atoms with Crippen LogP contribution in [0.3, 0.4) is 0 Å². The van der Waals surface area contributed by atoms with Crippen molar-refractivity contribution in [2.45, 2.75) is 12.8 Å². The van der Waals surface area contributed by atoms with Gasteiger partial charge >= 0.3 is 0 Å². The fourth-order valence-electron chi connectivity index (χ4n) is 3.49. The van der Waals surface area contributed by atoms with Gasteiger partial charge in [-0.05, 0) is 41.8 Å². The molecule has 1 aromatic carbocycles. The van der Waals surface area contributed by atoms with Gasteiger partial charge in [-0.2, -0.15) is 0 Å². The molecule has 3 N–H and O–H groups in total. The molecule has 0 amide bonds. The molecular formula is C23H26N6O2S. The molecule has 2 aromatic heterocycles. The van der Waals surface area contributed by atoms with Crippen LogP contribution in [0.15, 0.2) is 46.6 Å². The number of nitrogens with one attached hydrogen (secondary N) is 1. The Morgan fingerprint density at radius 3 is 2.91 bits per heavy atom. The van der Waals surface area contributed by atoms with Crippen LogP contribution < -0.4 is 20.8 Å². The van der Waals surface area contributed by atoms with Gasteiger partial charge in [-0.25, -0.2) is 9.97 Å². The summed E-state index contributed by atoms with van der Waals surface area (Å²) in [5.41, 5.74) is 8.77.